The normalized spacial score (nSPS) is 41.8. The van der Waals surface area contributed by atoms with Gasteiger partial charge in [0.1, 0.15) is 0 Å². The van der Waals surface area contributed by atoms with Crippen LogP contribution in [0.4, 0.5) is 0 Å². The zero-order valence-electron chi connectivity index (χ0n) is 9.66. The third kappa shape index (κ3) is 2.10. The molecule has 14 heavy (non-hydrogen) atoms. The van der Waals surface area contributed by atoms with Gasteiger partial charge < -0.3 is 10.2 Å². The monoisotopic (exact) mass is 197 g/mol. The predicted molar refractivity (Wildman–Crippen MR) is 59.5 cm³/mol. The lowest BCUT2D eigenvalue weighted by molar-refractivity contribution is 0.151. The molecule has 2 aliphatic rings. The van der Waals surface area contributed by atoms with Crippen molar-refractivity contribution in [2.24, 2.45) is 0 Å². The van der Waals surface area contributed by atoms with Crippen molar-refractivity contribution >= 4 is 0 Å². The van der Waals surface area contributed by atoms with Crippen LogP contribution in [-0.4, -0.2) is 61.2 Å². The second-order valence-corrected chi connectivity index (χ2v) is 5.03. The minimum atomic E-state index is 0.671. The third-order valence-corrected chi connectivity index (χ3v) is 3.78. The van der Waals surface area contributed by atoms with Gasteiger partial charge in [-0.2, -0.15) is 0 Å². The Kier molecular flexibility index (Phi) is 3.10. The molecule has 0 aromatic rings. The highest BCUT2D eigenvalue weighted by molar-refractivity contribution is 4.90. The van der Waals surface area contributed by atoms with Crippen LogP contribution in [0.1, 0.15) is 20.3 Å². The van der Waals surface area contributed by atoms with E-state index in [1.165, 1.54) is 26.1 Å². The lowest BCUT2D eigenvalue weighted by Gasteiger charge is -2.36. The SMILES string of the molecule is CC1CN(C2CC(C)N(C)C2)CCN1. The summed E-state index contributed by atoms with van der Waals surface area (Å²) in [5.74, 6) is 0. The van der Waals surface area contributed by atoms with Gasteiger partial charge in [0.25, 0.3) is 0 Å². The van der Waals surface area contributed by atoms with E-state index in [9.17, 15) is 0 Å². The summed E-state index contributed by atoms with van der Waals surface area (Å²) in [6, 6.07) is 2.25. The number of likely N-dealkylation sites (tertiary alicyclic amines) is 1. The van der Waals surface area contributed by atoms with Crippen LogP contribution in [0.2, 0.25) is 0 Å². The van der Waals surface area contributed by atoms with Crippen molar-refractivity contribution in [2.45, 2.75) is 38.4 Å². The van der Waals surface area contributed by atoms with Crippen molar-refractivity contribution in [3.8, 4) is 0 Å². The van der Waals surface area contributed by atoms with E-state index in [-0.39, 0.29) is 0 Å². The third-order valence-electron chi connectivity index (χ3n) is 3.78. The minimum Gasteiger partial charge on any atom is -0.312 e. The molecule has 0 amide bonds. The van der Waals surface area contributed by atoms with Crippen molar-refractivity contribution < 1.29 is 0 Å². The first-order valence-corrected chi connectivity index (χ1v) is 5.84. The van der Waals surface area contributed by atoms with Gasteiger partial charge in [-0.3, -0.25) is 4.90 Å². The molecule has 0 aromatic carbocycles. The molecular formula is C11H23N3. The molecule has 0 saturated carbocycles. The number of hydrogen-bond donors (Lipinski definition) is 1. The molecule has 3 heteroatoms. The molecule has 1 N–H and O–H groups in total. The molecule has 0 spiro atoms. The van der Waals surface area contributed by atoms with Crippen LogP contribution >= 0.6 is 0 Å². The Morgan fingerprint density at radius 1 is 1.21 bits per heavy atom. The molecule has 2 aliphatic heterocycles. The summed E-state index contributed by atoms with van der Waals surface area (Å²) in [5.41, 5.74) is 0. The van der Waals surface area contributed by atoms with Gasteiger partial charge in [0.15, 0.2) is 0 Å². The lowest BCUT2D eigenvalue weighted by atomic mass is 10.1. The molecule has 0 aromatic heterocycles. The smallest absolute Gasteiger partial charge is 0.0239 e. The van der Waals surface area contributed by atoms with Crippen molar-refractivity contribution in [3.05, 3.63) is 0 Å². The standard InChI is InChI=1S/C11H23N3/c1-9-7-14(5-4-12-9)11-6-10(2)13(3)8-11/h9-12H,4-8H2,1-3H3. The zero-order valence-corrected chi connectivity index (χ0v) is 9.66. The van der Waals surface area contributed by atoms with E-state index >= 15 is 0 Å². The van der Waals surface area contributed by atoms with E-state index in [0.29, 0.717) is 6.04 Å². The first kappa shape index (κ1) is 10.4. The highest BCUT2D eigenvalue weighted by atomic mass is 15.3. The van der Waals surface area contributed by atoms with E-state index < -0.39 is 0 Å². The van der Waals surface area contributed by atoms with E-state index in [1.54, 1.807) is 0 Å². The fourth-order valence-corrected chi connectivity index (χ4v) is 2.72. The minimum absolute atomic E-state index is 0.671. The number of nitrogens with one attached hydrogen (secondary N) is 1. The van der Waals surface area contributed by atoms with Gasteiger partial charge in [0.2, 0.25) is 0 Å². The summed E-state index contributed by atoms with van der Waals surface area (Å²) < 4.78 is 0. The molecule has 82 valence electrons. The predicted octanol–water partition coefficient (Wildman–Crippen LogP) is 0.373. The second-order valence-electron chi connectivity index (χ2n) is 5.03. The van der Waals surface area contributed by atoms with E-state index in [0.717, 1.165) is 18.6 Å². The second kappa shape index (κ2) is 4.17. The van der Waals surface area contributed by atoms with Crippen LogP contribution < -0.4 is 5.32 Å². The maximum atomic E-state index is 3.50. The van der Waals surface area contributed by atoms with Gasteiger partial charge in [-0.25, -0.2) is 0 Å². The van der Waals surface area contributed by atoms with E-state index in [4.69, 9.17) is 0 Å². The van der Waals surface area contributed by atoms with Crippen molar-refractivity contribution in [2.75, 3.05) is 33.2 Å². The van der Waals surface area contributed by atoms with Gasteiger partial charge in [-0.15, -0.1) is 0 Å². The highest BCUT2D eigenvalue weighted by Crippen LogP contribution is 2.20. The summed E-state index contributed by atoms with van der Waals surface area (Å²) in [7, 11) is 2.25. The zero-order chi connectivity index (χ0) is 10.1. The first-order chi connectivity index (χ1) is 6.66. The van der Waals surface area contributed by atoms with Crippen LogP contribution in [0.25, 0.3) is 0 Å². The Morgan fingerprint density at radius 3 is 2.57 bits per heavy atom. The van der Waals surface area contributed by atoms with Gasteiger partial charge >= 0.3 is 0 Å². The average Bonchev–Trinajstić information content (AvgIpc) is 2.47. The number of rotatable bonds is 1. The van der Waals surface area contributed by atoms with Crippen molar-refractivity contribution in [1.82, 2.24) is 15.1 Å². The summed E-state index contributed by atoms with van der Waals surface area (Å²) in [4.78, 5) is 5.15. The molecular weight excluding hydrogens is 174 g/mol. The maximum Gasteiger partial charge on any atom is 0.0239 e. The Balaban J connectivity index is 1.89. The van der Waals surface area contributed by atoms with E-state index in [1.807, 2.05) is 0 Å². The molecule has 3 nitrogen and oxygen atoms in total. The van der Waals surface area contributed by atoms with Crippen LogP contribution in [0, 0.1) is 0 Å². The number of piperazine rings is 1. The molecule has 2 saturated heterocycles. The average molecular weight is 197 g/mol. The molecule has 3 atom stereocenters. The molecule has 2 heterocycles. The topological polar surface area (TPSA) is 18.5 Å². The van der Waals surface area contributed by atoms with Gasteiger partial charge in [-0.05, 0) is 27.3 Å². The van der Waals surface area contributed by atoms with Crippen LogP contribution in [0.5, 0.6) is 0 Å². The largest absolute Gasteiger partial charge is 0.312 e. The fourth-order valence-electron chi connectivity index (χ4n) is 2.72. The van der Waals surface area contributed by atoms with Gasteiger partial charge in [0, 0.05) is 44.3 Å². The van der Waals surface area contributed by atoms with Gasteiger partial charge in [0.05, 0.1) is 0 Å². The first-order valence-electron chi connectivity index (χ1n) is 5.84. The number of likely N-dealkylation sites (N-methyl/N-ethyl adjacent to an activating group) is 1. The molecule has 3 unspecified atom stereocenters. The van der Waals surface area contributed by atoms with Crippen molar-refractivity contribution in [1.29, 1.82) is 0 Å². The van der Waals surface area contributed by atoms with Crippen LogP contribution in [-0.2, 0) is 0 Å². The Hall–Kier alpha value is -0.120. The van der Waals surface area contributed by atoms with Crippen molar-refractivity contribution in [3.63, 3.8) is 0 Å². The lowest BCUT2D eigenvalue weighted by Crippen LogP contribution is -2.53. The Morgan fingerprint density at radius 2 is 2.00 bits per heavy atom. The van der Waals surface area contributed by atoms with E-state index in [2.05, 4.69) is 36.0 Å². The quantitative estimate of drug-likeness (QED) is 0.655. The number of nitrogens with zero attached hydrogens (tertiary/aromatic N) is 2. The maximum absolute atomic E-state index is 3.50. The fraction of sp³-hybridized carbons (Fsp3) is 1.00. The molecule has 2 fully saturated rings. The van der Waals surface area contributed by atoms with Crippen LogP contribution in [0.3, 0.4) is 0 Å². The summed E-state index contributed by atoms with van der Waals surface area (Å²) in [6.07, 6.45) is 1.35. The highest BCUT2D eigenvalue weighted by Gasteiger charge is 2.32. The summed E-state index contributed by atoms with van der Waals surface area (Å²) in [6.45, 7) is 9.50. The summed E-state index contributed by atoms with van der Waals surface area (Å²) >= 11 is 0. The van der Waals surface area contributed by atoms with Crippen LogP contribution in [0.15, 0.2) is 0 Å². The Bertz CT molecular complexity index is 182. The number of hydrogen-bond acceptors (Lipinski definition) is 3. The summed E-state index contributed by atoms with van der Waals surface area (Å²) in [5, 5.41) is 3.50. The molecule has 0 radical (unpaired) electrons. The molecule has 0 bridgehead atoms. The molecule has 0 aliphatic carbocycles. The molecule has 2 rings (SSSR count). The van der Waals surface area contributed by atoms with Gasteiger partial charge in [-0.1, -0.05) is 0 Å². The Labute approximate surface area is 87.4 Å².